The normalized spacial score (nSPS) is 19.2. The third-order valence-corrected chi connectivity index (χ3v) is 4.84. The molecule has 25 heavy (non-hydrogen) atoms. The zero-order valence-corrected chi connectivity index (χ0v) is 13.7. The van der Waals surface area contributed by atoms with E-state index in [-0.39, 0.29) is 0 Å². The molecule has 0 amide bonds. The molecular weight excluding hydrogens is 329 g/mol. The first-order valence-corrected chi connectivity index (χ1v) is 8.51. The summed E-state index contributed by atoms with van der Waals surface area (Å²) < 4.78 is 38.5. The van der Waals surface area contributed by atoms with Crippen molar-refractivity contribution in [1.82, 2.24) is 15.1 Å². The van der Waals surface area contributed by atoms with Gasteiger partial charge in [0, 0.05) is 37.8 Å². The lowest BCUT2D eigenvalue weighted by Crippen LogP contribution is -2.47. The summed E-state index contributed by atoms with van der Waals surface area (Å²) in [5, 5.41) is 8.37. The third-order valence-electron chi connectivity index (χ3n) is 4.84. The lowest BCUT2D eigenvalue weighted by Gasteiger charge is -2.35. The number of hydrogen-bond acceptors (Lipinski definition) is 4. The van der Waals surface area contributed by atoms with Crippen LogP contribution in [0.2, 0.25) is 0 Å². The van der Waals surface area contributed by atoms with E-state index >= 15 is 0 Å². The lowest BCUT2D eigenvalue weighted by atomic mass is 10.1. The van der Waals surface area contributed by atoms with Crippen molar-refractivity contribution in [3.8, 4) is 11.3 Å². The van der Waals surface area contributed by atoms with Crippen LogP contribution in [0, 0.1) is 0 Å². The first-order chi connectivity index (χ1) is 12.0. The second-order valence-electron chi connectivity index (χ2n) is 6.61. The van der Waals surface area contributed by atoms with E-state index in [9.17, 15) is 13.2 Å². The highest BCUT2D eigenvalue weighted by Crippen LogP contribution is 2.32. The van der Waals surface area contributed by atoms with Gasteiger partial charge in [0.15, 0.2) is 5.82 Å². The van der Waals surface area contributed by atoms with Crippen molar-refractivity contribution in [2.24, 2.45) is 0 Å². The average Bonchev–Trinajstić information content (AvgIpc) is 3.47. The molecular formula is C18H19F3N4. The Kier molecular flexibility index (Phi) is 4.11. The molecule has 2 aliphatic rings. The Morgan fingerprint density at radius 3 is 2.28 bits per heavy atom. The number of halogens is 3. The van der Waals surface area contributed by atoms with Crippen molar-refractivity contribution in [2.75, 3.05) is 31.1 Å². The van der Waals surface area contributed by atoms with E-state index < -0.39 is 11.7 Å². The monoisotopic (exact) mass is 348 g/mol. The van der Waals surface area contributed by atoms with Crippen LogP contribution in [0.25, 0.3) is 11.3 Å². The summed E-state index contributed by atoms with van der Waals surface area (Å²) in [6.07, 6.45) is -1.73. The van der Waals surface area contributed by atoms with Crippen LogP contribution in [0.1, 0.15) is 18.4 Å². The highest BCUT2D eigenvalue weighted by Gasteiger charge is 2.32. The minimum absolute atomic E-state index is 0.424. The molecule has 4 nitrogen and oxygen atoms in total. The third kappa shape index (κ3) is 3.61. The van der Waals surface area contributed by atoms with Gasteiger partial charge in [-0.1, -0.05) is 12.1 Å². The average molecular weight is 348 g/mol. The van der Waals surface area contributed by atoms with Crippen molar-refractivity contribution in [2.45, 2.75) is 25.1 Å². The fraction of sp³-hybridized carbons (Fsp3) is 0.444. The highest BCUT2D eigenvalue weighted by molar-refractivity contribution is 5.61. The fourth-order valence-corrected chi connectivity index (χ4v) is 3.26. The molecule has 0 atom stereocenters. The van der Waals surface area contributed by atoms with E-state index in [4.69, 9.17) is 0 Å². The Labute approximate surface area is 144 Å². The fourth-order valence-electron chi connectivity index (χ4n) is 3.26. The van der Waals surface area contributed by atoms with E-state index in [0.29, 0.717) is 11.3 Å². The van der Waals surface area contributed by atoms with Crippen LogP contribution in [0.4, 0.5) is 19.0 Å². The van der Waals surface area contributed by atoms with Gasteiger partial charge in [-0.2, -0.15) is 13.2 Å². The molecule has 0 unspecified atom stereocenters. The molecule has 0 spiro atoms. The number of hydrogen-bond donors (Lipinski definition) is 0. The Morgan fingerprint density at radius 1 is 0.920 bits per heavy atom. The second-order valence-corrected chi connectivity index (χ2v) is 6.61. The van der Waals surface area contributed by atoms with Crippen molar-refractivity contribution in [3.05, 3.63) is 42.0 Å². The van der Waals surface area contributed by atoms with Crippen LogP contribution in [0.3, 0.4) is 0 Å². The molecule has 1 aromatic heterocycles. The number of alkyl halides is 3. The van der Waals surface area contributed by atoms with Crippen LogP contribution in [-0.4, -0.2) is 47.3 Å². The summed E-state index contributed by atoms with van der Waals surface area (Å²) in [5.41, 5.74) is 0.200. The second kappa shape index (κ2) is 6.29. The molecule has 0 N–H and O–H groups in total. The minimum Gasteiger partial charge on any atom is -0.353 e. The summed E-state index contributed by atoms with van der Waals surface area (Å²) in [6.45, 7) is 3.88. The van der Waals surface area contributed by atoms with Crippen LogP contribution in [0.15, 0.2) is 36.4 Å². The molecule has 2 fully saturated rings. The maximum Gasteiger partial charge on any atom is 0.416 e. The molecule has 1 saturated heterocycles. The van der Waals surface area contributed by atoms with Gasteiger partial charge in [0.2, 0.25) is 0 Å². The summed E-state index contributed by atoms with van der Waals surface area (Å²) >= 11 is 0. The topological polar surface area (TPSA) is 32.3 Å². The molecule has 1 aliphatic carbocycles. The van der Waals surface area contributed by atoms with Crippen molar-refractivity contribution < 1.29 is 13.2 Å². The van der Waals surface area contributed by atoms with Gasteiger partial charge < -0.3 is 4.90 Å². The smallest absolute Gasteiger partial charge is 0.353 e. The number of aromatic nitrogens is 2. The number of rotatable bonds is 3. The molecule has 0 bridgehead atoms. The van der Waals surface area contributed by atoms with Crippen LogP contribution < -0.4 is 4.90 Å². The number of benzene rings is 1. The van der Waals surface area contributed by atoms with Gasteiger partial charge in [0.1, 0.15) is 0 Å². The molecule has 4 rings (SSSR count). The zero-order valence-electron chi connectivity index (χ0n) is 13.7. The summed E-state index contributed by atoms with van der Waals surface area (Å²) in [5.74, 6) is 0.783. The summed E-state index contributed by atoms with van der Waals surface area (Å²) in [4.78, 5) is 4.70. The Morgan fingerprint density at radius 2 is 1.68 bits per heavy atom. The summed E-state index contributed by atoms with van der Waals surface area (Å²) in [7, 11) is 0. The standard InChI is InChI=1S/C18H19F3N4/c19-18(20,21)14-3-1-2-13(12-14)16-6-7-17(23-22-16)25-10-8-24(9-11-25)15-4-5-15/h1-3,6-7,12,15H,4-5,8-11H2. The van der Waals surface area contributed by atoms with E-state index in [1.807, 2.05) is 6.07 Å². The van der Waals surface area contributed by atoms with Gasteiger partial charge in [-0.15, -0.1) is 10.2 Å². The van der Waals surface area contributed by atoms with Gasteiger partial charge in [-0.3, -0.25) is 4.90 Å². The van der Waals surface area contributed by atoms with Gasteiger partial charge in [-0.05, 0) is 37.1 Å². The molecule has 1 saturated carbocycles. The van der Waals surface area contributed by atoms with E-state index in [1.54, 1.807) is 12.1 Å². The SMILES string of the molecule is FC(F)(F)c1cccc(-c2ccc(N3CCN(C4CC4)CC3)nn2)c1. The largest absolute Gasteiger partial charge is 0.416 e. The number of anilines is 1. The first kappa shape index (κ1) is 16.3. The van der Waals surface area contributed by atoms with Gasteiger partial charge >= 0.3 is 6.18 Å². The molecule has 2 heterocycles. The Bertz CT molecular complexity index is 733. The Hall–Kier alpha value is -2.15. The molecule has 7 heteroatoms. The lowest BCUT2D eigenvalue weighted by molar-refractivity contribution is -0.137. The number of nitrogens with zero attached hydrogens (tertiary/aromatic N) is 4. The zero-order chi connectivity index (χ0) is 17.4. The minimum atomic E-state index is -4.36. The quantitative estimate of drug-likeness (QED) is 0.851. The maximum atomic E-state index is 12.8. The van der Waals surface area contributed by atoms with Crippen LogP contribution in [0.5, 0.6) is 0 Å². The molecule has 2 aromatic rings. The molecule has 0 radical (unpaired) electrons. The van der Waals surface area contributed by atoms with Crippen LogP contribution >= 0.6 is 0 Å². The number of piperazine rings is 1. The summed E-state index contributed by atoms with van der Waals surface area (Å²) in [6, 6.07) is 9.54. The first-order valence-electron chi connectivity index (χ1n) is 8.51. The van der Waals surface area contributed by atoms with E-state index in [0.717, 1.165) is 50.2 Å². The van der Waals surface area contributed by atoms with Gasteiger partial charge in [0.25, 0.3) is 0 Å². The van der Waals surface area contributed by atoms with Gasteiger partial charge in [-0.25, -0.2) is 0 Å². The maximum absolute atomic E-state index is 12.8. The van der Waals surface area contributed by atoms with Gasteiger partial charge in [0.05, 0.1) is 11.3 Å². The highest BCUT2D eigenvalue weighted by atomic mass is 19.4. The van der Waals surface area contributed by atoms with Crippen molar-refractivity contribution in [3.63, 3.8) is 0 Å². The molecule has 132 valence electrons. The molecule has 1 aliphatic heterocycles. The van der Waals surface area contributed by atoms with E-state index in [1.165, 1.54) is 18.9 Å². The predicted octanol–water partition coefficient (Wildman–Crippen LogP) is 3.45. The van der Waals surface area contributed by atoms with Crippen molar-refractivity contribution in [1.29, 1.82) is 0 Å². The molecule has 1 aromatic carbocycles. The Balaban J connectivity index is 1.47. The van der Waals surface area contributed by atoms with Crippen molar-refractivity contribution >= 4 is 5.82 Å². The van der Waals surface area contributed by atoms with Crippen LogP contribution in [-0.2, 0) is 6.18 Å². The van der Waals surface area contributed by atoms with E-state index in [2.05, 4.69) is 20.0 Å². The predicted molar refractivity (Wildman–Crippen MR) is 89.3 cm³/mol.